The molecule has 0 aliphatic heterocycles. The molecule has 0 bridgehead atoms. The summed E-state index contributed by atoms with van der Waals surface area (Å²) in [5, 5.41) is 3.28. The van der Waals surface area contributed by atoms with Gasteiger partial charge in [-0.1, -0.05) is 35.9 Å². The first-order valence-corrected chi connectivity index (χ1v) is 9.07. The summed E-state index contributed by atoms with van der Waals surface area (Å²) in [4.78, 5) is 12.1. The van der Waals surface area contributed by atoms with E-state index in [0.29, 0.717) is 16.4 Å². The second-order valence-electron chi connectivity index (χ2n) is 5.10. The molecule has 0 spiro atoms. The molecule has 23 heavy (non-hydrogen) atoms. The number of sulfonamides is 1. The summed E-state index contributed by atoms with van der Waals surface area (Å²) in [6, 6.07) is 13.8. The smallest absolute Gasteiger partial charge is 0.231 e. The highest BCUT2D eigenvalue weighted by molar-refractivity contribution is 7.92. The molecule has 0 atom stereocenters. The highest BCUT2D eigenvalue weighted by Gasteiger charge is 2.13. The maximum absolute atomic E-state index is 12.1. The van der Waals surface area contributed by atoms with E-state index in [1.807, 2.05) is 6.07 Å². The molecule has 2 rings (SSSR count). The number of benzene rings is 2. The average Bonchev–Trinajstić information content (AvgIpc) is 2.48. The van der Waals surface area contributed by atoms with Crippen LogP contribution in [0.25, 0.3) is 0 Å². The van der Waals surface area contributed by atoms with Crippen LogP contribution in [0.4, 0.5) is 11.4 Å². The second kappa shape index (κ2) is 7.02. The van der Waals surface area contributed by atoms with Gasteiger partial charge in [-0.25, -0.2) is 8.42 Å². The molecule has 5 nitrogen and oxygen atoms in total. The first-order valence-electron chi connectivity index (χ1n) is 6.84. The molecular weight excluding hydrogens is 336 g/mol. The standard InChI is InChI=1S/C16H17ClN2O3S/c1-19(23(2,21)22)14-8-5-7-13(11-14)18-16(20)10-12-6-3-4-9-15(12)17/h3-9,11H,10H2,1-2H3,(H,18,20). The number of anilines is 2. The zero-order valence-corrected chi connectivity index (χ0v) is 14.4. The minimum atomic E-state index is -3.35. The predicted octanol–water partition coefficient (Wildman–Crippen LogP) is 2.92. The van der Waals surface area contributed by atoms with Gasteiger partial charge in [-0.3, -0.25) is 9.10 Å². The topological polar surface area (TPSA) is 66.5 Å². The second-order valence-corrected chi connectivity index (χ2v) is 7.52. The van der Waals surface area contributed by atoms with Crippen LogP contribution in [0.5, 0.6) is 0 Å². The summed E-state index contributed by atoms with van der Waals surface area (Å²) in [5.74, 6) is -0.225. The van der Waals surface area contributed by atoms with Crippen molar-refractivity contribution in [2.45, 2.75) is 6.42 Å². The average molecular weight is 353 g/mol. The van der Waals surface area contributed by atoms with Crippen molar-refractivity contribution in [1.82, 2.24) is 0 Å². The van der Waals surface area contributed by atoms with Crippen LogP contribution < -0.4 is 9.62 Å². The van der Waals surface area contributed by atoms with Gasteiger partial charge < -0.3 is 5.32 Å². The first kappa shape index (κ1) is 17.3. The van der Waals surface area contributed by atoms with Gasteiger partial charge in [0.2, 0.25) is 15.9 Å². The Morgan fingerprint density at radius 1 is 1.17 bits per heavy atom. The third kappa shape index (κ3) is 4.71. The van der Waals surface area contributed by atoms with Crippen molar-refractivity contribution in [1.29, 1.82) is 0 Å². The van der Waals surface area contributed by atoms with E-state index in [9.17, 15) is 13.2 Å². The van der Waals surface area contributed by atoms with E-state index in [1.165, 1.54) is 7.05 Å². The fourth-order valence-electron chi connectivity index (χ4n) is 1.99. The van der Waals surface area contributed by atoms with E-state index in [0.717, 1.165) is 16.1 Å². The van der Waals surface area contributed by atoms with Gasteiger partial charge in [0, 0.05) is 17.8 Å². The monoisotopic (exact) mass is 352 g/mol. The lowest BCUT2D eigenvalue weighted by Crippen LogP contribution is -2.25. The number of amides is 1. The van der Waals surface area contributed by atoms with Crippen molar-refractivity contribution in [3.63, 3.8) is 0 Å². The van der Waals surface area contributed by atoms with Gasteiger partial charge in [-0.2, -0.15) is 0 Å². The lowest BCUT2D eigenvalue weighted by atomic mass is 10.1. The number of halogens is 1. The molecule has 1 N–H and O–H groups in total. The van der Waals surface area contributed by atoms with Gasteiger partial charge in [-0.15, -0.1) is 0 Å². The zero-order valence-electron chi connectivity index (χ0n) is 12.8. The fourth-order valence-corrected chi connectivity index (χ4v) is 2.69. The number of hydrogen-bond acceptors (Lipinski definition) is 3. The number of nitrogens with one attached hydrogen (secondary N) is 1. The lowest BCUT2D eigenvalue weighted by Gasteiger charge is -2.17. The lowest BCUT2D eigenvalue weighted by molar-refractivity contribution is -0.115. The molecule has 7 heteroatoms. The van der Waals surface area contributed by atoms with Crippen LogP contribution in [0.1, 0.15) is 5.56 Å². The van der Waals surface area contributed by atoms with Crippen LogP contribution in [0.3, 0.4) is 0 Å². The molecule has 0 unspecified atom stereocenters. The van der Waals surface area contributed by atoms with Crippen molar-refractivity contribution in [2.75, 3.05) is 22.9 Å². The summed E-state index contributed by atoms with van der Waals surface area (Å²) in [7, 11) is -1.89. The molecule has 0 aromatic heterocycles. The maximum atomic E-state index is 12.1. The third-order valence-corrected chi connectivity index (χ3v) is 4.87. The molecule has 0 saturated carbocycles. The van der Waals surface area contributed by atoms with Crippen molar-refractivity contribution in [3.05, 3.63) is 59.1 Å². The fraction of sp³-hybridized carbons (Fsp3) is 0.188. The van der Waals surface area contributed by atoms with Crippen molar-refractivity contribution in [3.8, 4) is 0 Å². The molecular formula is C16H17ClN2O3S. The minimum absolute atomic E-state index is 0.145. The van der Waals surface area contributed by atoms with Crippen LogP contribution in [0.15, 0.2) is 48.5 Å². The molecule has 2 aromatic rings. The van der Waals surface area contributed by atoms with Crippen LogP contribution in [0, 0.1) is 0 Å². The van der Waals surface area contributed by atoms with E-state index in [1.54, 1.807) is 42.5 Å². The van der Waals surface area contributed by atoms with Gasteiger partial charge in [0.1, 0.15) is 0 Å². The number of hydrogen-bond donors (Lipinski definition) is 1. The number of carbonyl (C=O) groups excluding carboxylic acids is 1. The maximum Gasteiger partial charge on any atom is 0.231 e. The highest BCUT2D eigenvalue weighted by Crippen LogP contribution is 2.21. The summed E-state index contributed by atoms with van der Waals surface area (Å²) in [5.41, 5.74) is 1.73. The van der Waals surface area contributed by atoms with E-state index in [-0.39, 0.29) is 12.3 Å². The van der Waals surface area contributed by atoms with Crippen LogP contribution in [-0.2, 0) is 21.2 Å². The summed E-state index contributed by atoms with van der Waals surface area (Å²) >= 11 is 6.03. The van der Waals surface area contributed by atoms with E-state index in [4.69, 9.17) is 11.6 Å². The predicted molar refractivity (Wildman–Crippen MR) is 93.5 cm³/mol. The van der Waals surface area contributed by atoms with Crippen molar-refractivity contribution >= 4 is 38.9 Å². The molecule has 0 aliphatic rings. The third-order valence-electron chi connectivity index (χ3n) is 3.30. The minimum Gasteiger partial charge on any atom is -0.326 e. The van der Waals surface area contributed by atoms with Crippen molar-refractivity contribution in [2.24, 2.45) is 0 Å². The number of carbonyl (C=O) groups is 1. The number of rotatable bonds is 5. The highest BCUT2D eigenvalue weighted by atomic mass is 35.5. The Morgan fingerprint density at radius 2 is 1.87 bits per heavy atom. The molecule has 0 saturated heterocycles. The van der Waals surface area contributed by atoms with Crippen LogP contribution in [-0.4, -0.2) is 27.6 Å². The first-order chi connectivity index (χ1) is 10.8. The number of nitrogens with zero attached hydrogens (tertiary/aromatic N) is 1. The van der Waals surface area contributed by atoms with Crippen molar-refractivity contribution < 1.29 is 13.2 Å². The van der Waals surface area contributed by atoms with E-state index in [2.05, 4.69) is 5.32 Å². The van der Waals surface area contributed by atoms with E-state index >= 15 is 0 Å². The molecule has 2 aromatic carbocycles. The molecule has 1 amide bonds. The SMILES string of the molecule is CN(c1cccc(NC(=O)Cc2ccccc2Cl)c1)S(C)(=O)=O. The van der Waals surface area contributed by atoms with Gasteiger partial charge in [0.15, 0.2) is 0 Å². The van der Waals surface area contributed by atoms with Gasteiger partial charge in [-0.05, 0) is 29.8 Å². The van der Waals surface area contributed by atoms with Gasteiger partial charge >= 0.3 is 0 Å². The molecule has 0 radical (unpaired) electrons. The molecule has 0 heterocycles. The van der Waals surface area contributed by atoms with E-state index < -0.39 is 10.0 Å². The zero-order chi connectivity index (χ0) is 17.0. The van der Waals surface area contributed by atoms with Gasteiger partial charge in [0.05, 0.1) is 18.4 Å². The van der Waals surface area contributed by atoms with Crippen LogP contribution >= 0.6 is 11.6 Å². The van der Waals surface area contributed by atoms with Crippen LogP contribution in [0.2, 0.25) is 5.02 Å². The Balaban J connectivity index is 2.12. The molecule has 0 fully saturated rings. The van der Waals surface area contributed by atoms with Gasteiger partial charge in [0.25, 0.3) is 0 Å². The Hall–Kier alpha value is -2.05. The molecule has 0 aliphatic carbocycles. The summed E-state index contributed by atoms with van der Waals surface area (Å²) in [6.45, 7) is 0. The quantitative estimate of drug-likeness (QED) is 0.899. The summed E-state index contributed by atoms with van der Waals surface area (Å²) < 4.78 is 24.3. The normalized spacial score (nSPS) is 11.1. The Kier molecular flexibility index (Phi) is 5.28. The summed E-state index contributed by atoms with van der Waals surface area (Å²) in [6.07, 6.45) is 1.27. The largest absolute Gasteiger partial charge is 0.326 e. The Labute approximate surface area is 140 Å². The Morgan fingerprint density at radius 3 is 2.52 bits per heavy atom. The Bertz CT molecular complexity index is 822. The molecule has 122 valence electrons.